The van der Waals surface area contributed by atoms with Crippen LogP contribution in [0, 0.1) is 6.92 Å². The van der Waals surface area contributed by atoms with E-state index in [9.17, 15) is 0 Å². The predicted molar refractivity (Wildman–Crippen MR) is 116 cm³/mol. The zero-order chi connectivity index (χ0) is 20.1. The van der Waals surface area contributed by atoms with E-state index in [1.54, 1.807) is 0 Å². The van der Waals surface area contributed by atoms with Crippen LogP contribution in [0.25, 0.3) is 10.9 Å². The molecule has 0 atom stereocenters. The summed E-state index contributed by atoms with van der Waals surface area (Å²) >= 11 is 0. The number of aromatic nitrogens is 2. The van der Waals surface area contributed by atoms with Crippen molar-refractivity contribution in [2.45, 2.75) is 20.3 Å². The molecule has 2 N–H and O–H groups in total. The summed E-state index contributed by atoms with van der Waals surface area (Å²) in [6.45, 7) is 6.87. The minimum absolute atomic E-state index is 0.520. The van der Waals surface area contributed by atoms with E-state index in [-0.39, 0.29) is 0 Å². The van der Waals surface area contributed by atoms with Crippen LogP contribution in [0.4, 0.5) is 5.95 Å². The number of hydrogen-bond acceptors (Lipinski definition) is 7. The van der Waals surface area contributed by atoms with Gasteiger partial charge < -0.3 is 10.1 Å². The summed E-state index contributed by atoms with van der Waals surface area (Å²) in [6, 6.07) is 16.4. The largest absolute Gasteiger partial charge is 0.492 e. The van der Waals surface area contributed by atoms with Crippen LogP contribution in [0.3, 0.4) is 0 Å². The molecule has 0 radical (unpaired) electrons. The van der Waals surface area contributed by atoms with Gasteiger partial charge in [-0.05, 0) is 31.9 Å². The summed E-state index contributed by atoms with van der Waals surface area (Å²) in [5.74, 6) is 1.98. The predicted octanol–water partition coefficient (Wildman–Crippen LogP) is 3.17. The number of guanidine groups is 1. The van der Waals surface area contributed by atoms with Gasteiger partial charge in [-0.15, -0.1) is 0 Å². The Morgan fingerprint density at radius 3 is 2.72 bits per heavy atom. The van der Waals surface area contributed by atoms with Crippen LogP contribution in [-0.2, 0) is 6.42 Å². The van der Waals surface area contributed by atoms with E-state index in [0.29, 0.717) is 25.2 Å². The first-order chi connectivity index (χ1) is 14.2. The molecule has 0 aliphatic carbocycles. The lowest BCUT2D eigenvalue weighted by atomic mass is 10.1. The fourth-order valence-corrected chi connectivity index (χ4v) is 3.34. The first kappa shape index (κ1) is 19.1. The molecule has 4 rings (SSSR count). The van der Waals surface area contributed by atoms with Crippen LogP contribution >= 0.6 is 0 Å². The first-order valence-electron chi connectivity index (χ1n) is 9.94. The second-order valence-electron chi connectivity index (χ2n) is 6.96. The number of rotatable bonds is 6. The van der Waals surface area contributed by atoms with E-state index >= 15 is 0 Å². The summed E-state index contributed by atoms with van der Waals surface area (Å²) in [4.78, 5) is 16.1. The Bertz CT molecular complexity index is 1000. The van der Waals surface area contributed by atoms with Gasteiger partial charge in [0, 0.05) is 11.9 Å². The van der Waals surface area contributed by atoms with Crippen LogP contribution in [0.2, 0.25) is 0 Å². The number of hydrogen-bond donors (Lipinski definition) is 2. The lowest BCUT2D eigenvalue weighted by Crippen LogP contribution is -2.46. The van der Waals surface area contributed by atoms with Gasteiger partial charge >= 0.3 is 0 Å². The zero-order valence-corrected chi connectivity index (χ0v) is 16.9. The molecule has 1 aliphatic rings. The molecule has 2 heterocycles. The SMILES string of the molecule is CCOc1cccc2c(C)nc(NC3=NCN(CCc4ccccc4)CN3)nc12. The number of benzene rings is 2. The zero-order valence-electron chi connectivity index (χ0n) is 16.9. The Kier molecular flexibility index (Phi) is 5.86. The molecule has 0 bridgehead atoms. The highest BCUT2D eigenvalue weighted by atomic mass is 16.5. The van der Waals surface area contributed by atoms with E-state index in [2.05, 4.69) is 54.8 Å². The van der Waals surface area contributed by atoms with Crippen molar-refractivity contribution >= 4 is 22.8 Å². The highest BCUT2D eigenvalue weighted by Gasteiger charge is 2.14. The number of nitrogens with zero attached hydrogens (tertiary/aromatic N) is 4. The van der Waals surface area contributed by atoms with Gasteiger partial charge in [0.1, 0.15) is 11.3 Å². The highest BCUT2D eigenvalue weighted by molar-refractivity contribution is 5.94. The number of ether oxygens (including phenoxy) is 1. The van der Waals surface area contributed by atoms with E-state index in [1.165, 1.54) is 5.56 Å². The standard InChI is InChI=1S/C22H26N6O/c1-3-29-19-11-7-10-18-16(2)25-22(26-20(18)19)27-21-23-14-28(15-24-21)13-12-17-8-5-4-6-9-17/h4-11H,3,12-15H2,1-2H3,(H2,23,24,25,26,27). The van der Waals surface area contributed by atoms with Gasteiger partial charge in [0.2, 0.25) is 11.9 Å². The summed E-state index contributed by atoms with van der Waals surface area (Å²) in [7, 11) is 0. The lowest BCUT2D eigenvalue weighted by molar-refractivity contribution is 0.268. The number of fused-ring (bicyclic) bond motifs is 1. The molecule has 1 aromatic heterocycles. The molecule has 29 heavy (non-hydrogen) atoms. The van der Waals surface area contributed by atoms with Crippen LogP contribution in [0.1, 0.15) is 18.2 Å². The Labute approximate surface area is 170 Å². The van der Waals surface area contributed by atoms with Gasteiger partial charge in [-0.25, -0.2) is 15.0 Å². The van der Waals surface area contributed by atoms with E-state index in [1.807, 2.05) is 38.1 Å². The number of para-hydroxylation sites is 1. The number of aliphatic imine (C=N–C) groups is 1. The average molecular weight is 390 g/mol. The molecular weight excluding hydrogens is 364 g/mol. The minimum Gasteiger partial charge on any atom is -0.492 e. The molecule has 1 aliphatic heterocycles. The Morgan fingerprint density at radius 1 is 1.10 bits per heavy atom. The molecule has 0 fully saturated rings. The number of anilines is 1. The minimum atomic E-state index is 0.520. The monoisotopic (exact) mass is 390 g/mol. The fourth-order valence-electron chi connectivity index (χ4n) is 3.34. The van der Waals surface area contributed by atoms with Crippen molar-refractivity contribution in [1.82, 2.24) is 20.2 Å². The van der Waals surface area contributed by atoms with Crippen molar-refractivity contribution in [3.05, 3.63) is 59.8 Å². The second-order valence-corrected chi connectivity index (χ2v) is 6.96. The summed E-state index contributed by atoms with van der Waals surface area (Å²) in [6.07, 6.45) is 1.01. The molecule has 7 heteroatoms. The third kappa shape index (κ3) is 4.63. The van der Waals surface area contributed by atoms with Gasteiger partial charge in [-0.3, -0.25) is 10.2 Å². The van der Waals surface area contributed by atoms with Gasteiger partial charge in [-0.2, -0.15) is 0 Å². The smallest absolute Gasteiger partial charge is 0.230 e. The molecule has 150 valence electrons. The van der Waals surface area contributed by atoms with Crippen molar-refractivity contribution in [3.8, 4) is 5.75 Å². The van der Waals surface area contributed by atoms with Crippen molar-refractivity contribution < 1.29 is 4.74 Å². The molecule has 3 aromatic rings. The van der Waals surface area contributed by atoms with Crippen LogP contribution in [0.15, 0.2) is 53.5 Å². The molecule has 2 aromatic carbocycles. The highest BCUT2D eigenvalue weighted by Crippen LogP contribution is 2.26. The first-order valence-corrected chi connectivity index (χ1v) is 9.94. The van der Waals surface area contributed by atoms with Gasteiger partial charge in [0.25, 0.3) is 0 Å². The van der Waals surface area contributed by atoms with Crippen molar-refractivity contribution in [2.24, 2.45) is 4.99 Å². The average Bonchev–Trinajstić information content (AvgIpc) is 2.75. The lowest BCUT2D eigenvalue weighted by Gasteiger charge is -2.26. The molecule has 0 unspecified atom stereocenters. The maximum Gasteiger partial charge on any atom is 0.230 e. The number of aryl methyl sites for hydroxylation is 1. The van der Waals surface area contributed by atoms with Crippen molar-refractivity contribution in [2.75, 3.05) is 31.8 Å². The molecule has 0 saturated heterocycles. The van der Waals surface area contributed by atoms with E-state index in [0.717, 1.165) is 42.0 Å². The van der Waals surface area contributed by atoms with Crippen LogP contribution in [0.5, 0.6) is 5.75 Å². The van der Waals surface area contributed by atoms with Crippen molar-refractivity contribution in [3.63, 3.8) is 0 Å². The third-order valence-corrected chi connectivity index (χ3v) is 4.87. The van der Waals surface area contributed by atoms with Crippen molar-refractivity contribution in [1.29, 1.82) is 0 Å². The second kappa shape index (κ2) is 8.87. The fraction of sp³-hybridized carbons (Fsp3) is 0.318. The molecule has 0 amide bonds. The van der Waals surface area contributed by atoms with Crippen LogP contribution < -0.4 is 15.4 Å². The topological polar surface area (TPSA) is 74.7 Å². The van der Waals surface area contributed by atoms with E-state index in [4.69, 9.17) is 4.74 Å². The summed E-state index contributed by atoms with van der Waals surface area (Å²) in [5, 5.41) is 7.52. The van der Waals surface area contributed by atoms with Gasteiger partial charge in [0.15, 0.2) is 0 Å². The Morgan fingerprint density at radius 2 is 1.97 bits per heavy atom. The maximum absolute atomic E-state index is 5.73. The van der Waals surface area contributed by atoms with Gasteiger partial charge in [0.05, 0.1) is 25.6 Å². The normalized spacial score (nSPS) is 14.3. The quantitative estimate of drug-likeness (QED) is 0.673. The van der Waals surface area contributed by atoms with E-state index < -0.39 is 0 Å². The molecule has 0 saturated carbocycles. The van der Waals surface area contributed by atoms with Crippen LogP contribution in [-0.4, -0.2) is 47.3 Å². The molecular formula is C22H26N6O. The molecule has 0 spiro atoms. The Balaban J connectivity index is 1.42. The van der Waals surface area contributed by atoms with Gasteiger partial charge in [-0.1, -0.05) is 42.5 Å². The Hall–Kier alpha value is -3.19. The third-order valence-electron chi connectivity index (χ3n) is 4.87. The summed E-state index contributed by atoms with van der Waals surface area (Å²) in [5.41, 5.74) is 3.05. The number of nitrogens with one attached hydrogen (secondary N) is 2. The summed E-state index contributed by atoms with van der Waals surface area (Å²) < 4.78 is 5.73. The molecule has 7 nitrogen and oxygen atoms in total. The maximum atomic E-state index is 5.73.